The molecule has 0 aliphatic rings. The van der Waals surface area contributed by atoms with Gasteiger partial charge < -0.3 is 15.2 Å². The molecule has 0 saturated carbocycles. The van der Waals surface area contributed by atoms with Crippen LogP contribution in [0.5, 0.6) is 11.5 Å². The third kappa shape index (κ3) is 4.02. The molecule has 3 N–H and O–H groups in total. The number of nitrogens with two attached hydrogens (primary N) is 1. The first kappa shape index (κ1) is 19.0. The summed E-state index contributed by atoms with van der Waals surface area (Å²) in [6.07, 6.45) is 0. The predicted octanol–water partition coefficient (Wildman–Crippen LogP) is 2.51. The Morgan fingerprint density at radius 1 is 1.16 bits per heavy atom. The van der Waals surface area contributed by atoms with Crippen molar-refractivity contribution in [1.82, 2.24) is 0 Å². The second-order valence-electron chi connectivity index (χ2n) is 4.80. The minimum atomic E-state index is -4.06. The van der Waals surface area contributed by atoms with Crippen LogP contribution in [0, 0.1) is 5.82 Å². The number of nitrogens with one attached hydrogen (secondary N) is 1. The van der Waals surface area contributed by atoms with E-state index < -0.39 is 27.3 Å². The van der Waals surface area contributed by atoms with Gasteiger partial charge in [0.2, 0.25) is 0 Å². The van der Waals surface area contributed by atoms with Gasteiger partial charge in [-0.15, -0.1) is 0 Å². The van der Waals surface area contributed by atoms with E-state index in [1.54, 1.807) is 0 Å². The second-order valence-corrected chi connectivity index (χ2v) is 7.31. The summed E-state index contributed by atoms with van der Waals surface area (Å²) < 4.78 is 51.4. The molecule has 0 aromatic heterocycles. The first-order valence-electron chi connectivity index (χ1n) is 6.73. The van der Waals surface area contributed by atoms with Gasteiger partial charge in [0.25, 0.3) is 15.9 Å². The third-order valence-corrected chi connectivity index (χ3v) is 5.55. The van der Waals surface area contributed by atoms with Gasteiger partial charge in [-0.2, -0.15) is 0 Å². The normalized spacial score (nSPS) is 11.0. The lowest BCUT2D eigenvalue weighted by Crippen LogP contribution is -2.16. The van der Waals surface area contributed by atoms with E-state index in [1.807, 2.05) is 0 Å². The number of primary amides is 1. The molecule has 1 amide bonds. The molecule has 0 aliphatic heterocycles. The zero-order chi connectivity index (χ0) is 18.8. The lowest BCUT2D eigenvalue weighted by molar-refractivity contribution is 0.0996. The van der Waals surface area contributed by atoms with Crippen LogP contribution in [0.25, 0.3) is 0 Å². The Balaban J connectivity index is 2.47. The number of benzene rings is 2. The second kappa shape index (κ2) is 7.28. The van der Waals surface area contributed by atoms with Gasteiger partial charge in [0.15, 0.2) is 11.5 Å². The highest BCUT2D eigenvalue weighted by molar-refractivity contribution is 9.10. The van der Waals surface area contributed by atoms with Crippen LogP contribution in [0.15, 0.2) is 39.7 Å². The predicted molar refractivity (Wildman–Crippen MR) is 93.0 cm³/mol. The molecule has 2 aromatic rings. The molecule has 0 heterocycles. The number of hydrogen-bond acceptors (Lipinski definition) is 5. The van der Waals surface area contributed by atoms with E-state index in [9.17, 15) is 17.6 Å². The molecule has 134 valence electrons. The van der Waals surface area contributed by atoms with Crippen LogP contribution in [0.4, 0.5) is 10.1 Å². The SMILES string of the molecule is COc1cc(Br)c(S(=O)(=O)Nc2ccc(F)c(C(N)=O)c2)cc1OC. The van der Waals surface area contributed by atoms with E-state index in [0.29, 0.717) is 5.75 Å². The van der Waals surface area contributed by atoms with E-state index >= 15 is 0 Å². The Labute approximate surface area is 152 Å². The van der Waals surface area contributed by atoms with E-state index in [2.05, 4.69) is 20.7 Å². The number of methoxy groups -OCH3 is 2. The number of carbonyl (C=O) groups excluding carboxylic acids is 1. The first-order chi connectivity index (χ1) is 11.7. The average molecular weight is 433 g/mol. The molecule has 0 saturated heterocycles. The number of sulfonamides is 1. The topological polar surface area (TPSA) is 108 Å². The van der Waals surface area contributed by atoms with Crippen LogP contribution in [0.3, 0.4) is 0 Å². The number of hydrogen-bond donors (Lipinski definition) is 2. The summed E-state index contributed by atoms with van der Waals surface area (Å²) in [6, 6.07) is 5.84. The number of rotatable bonds is 6. The summed E-state index contributed by atoms with van der Waals surface area (Å²) in [5.41, 5.74) is 4.62. The number of carbonyl (C=O) groups is 1. The van der Waals surface area contributed by atoms with E-state index in [-0.39, 0.29) is 20.8 Å². The molecule has 0 aliphatic carbocycles. The Morgan fingerprint density at radius 2 is 1.76 bits per heavy atom. The van der Waals surface area contributed by atoms with Gasteiger partial charge in [-0.3, -0.25) is 9.52 Å². The van der Waals surface area contributed by atoms with Crippen molar-refractivity contribution in [1.29, 1.82) is 0 Å². The average Bonchev–Trinajstić information content (AvgIpc) is 2.55. The molecule has 0 unspecified atom stereocenters. The van der Waals surface area contributed by atoms with E-state index in [1.165, 1.54) is 32.4 Å². The molecule has 0 fully saturated rings. The van der Waals surface area contributed by atoms with Crippen molar-refractivity contribution in [2.24, 2.45) is 5.73 Å². The number of halogens is 2. The van der Waals surface area contributed by atoms with E-state index in [4.69, 9.17) is 15.2 Å². The zero-order valence-corrected chi connectivity index (χ0v) is 15.6. The van der Waals surface area contributed by atoms with Crippen molar-refractivity contribution < 1.29 is 27.1 Å². The standard InChI is InChI=1S/C15H14BrFN2O5S/c1-23-12-6-10(16)14(7-13(12)24-2)25(21,22)19-8-3-4-11(17)9(5-8)15(18)20/h3-7,19H,1-2H3,(H2,18,20). The third-order valence-electron chi connectivity index (χ3n) is 3.21. The van der Waals surface area contributed by atoms with Crippen LogP contribution in [0.2, 0.25) is 0 Å². The summed E-state index contributed by atoms with van der Waals surface area (Å²) in [6.45, 7) is 0. The maximum absolute atomic E-state index is 13.5. The van der Waals surface area contributed by atoms with Gasteiger partial charge in [0.1, 0.15) is 10.7 Å². The Kier molecular flexibility index (Phi) is 5.53. The van der Waals surface area contributed by atoms with Crippen molar-refractivity contribution in [3.05, 3.63) is 46.2 Å². The molecule has 2 rings (SSSR count). The number of amides is 1. The summed E-state index contributed by atoms with van der Waals surface area (Å²) in [7, 11) is -1.28. The van der Waals surface area contributed by atoms with Crippen molar-refractivity contribution in [2.45, 2.75) is 4.90 Å². The van der Waals surface area contributed by atoms with Crippen LogP contribution >= 0.6 is 15.9 Å². The van der Waals surface area contributed by atoms with Gasteiger partial charge in [-0.05, 0) is 40.2 Å². The lowest BCUT2D eigenvalue weighted by atomic mass is 10.2. The van der Waals surface area contributed by atoms with Gasteiger partial charge in [-0.25, -0.2) is 12.8 Å². The smallest absolute Gasteiger partial charge is 0.263 e. The summed E-state index contributed by atoms with van der Waals surface area (Å²) in [4.78, 5) is 11.1. The van der Waals surface area contributed by atoms with Crippen LogP contribution < -0.4 is 19.9 Å². The molecule has 0 spiro atoms. The minimum absolute atomic E-state index is 0.0168. The highest BCUT2D eigenvalue weighted by Gasteiger charge is 2.22. The first-order valence-corrected chi connectivity index (χ1v) is 9.01. The monoisotopic (exact) mass is 432 g/mol. The van der Waals surface area contributed by atoms with Crippen molar-refractivity contribution in [3.63, 3.8) is 0 Å². The Bertz CT molecular complexity index is 934. The minimum Gasteiger partial charge on any atom is -0.493 e. The van der Waals surface area contributed by atoms with Crippen LogP contribution in [0.1, 0.15) is 10.4 Å². The fourth-order valence-electron chi connectivity index (χ4n) is 2.03. The van der Waals surface area contributed by atoms with Gasteiger partial charge in [-0.1, -0.05) is 0 Å². The van der Waals surface area contributed by atoms with Crippen molar-refractivity contribution in [3.8, 4) is 11.5 Å². The Hall–Kier alpha value is -2.33. The molecule has 0 atom stereocenters. The molecular formula is C15H14BrFN2O5S. The molecule has 25 heavy (non-hydrogen) atoms. The quantitative estimate of drug-likeness (QED) is 0.728. The van der Waals surface area contributed by atoms with Gasteiger partial charge in [0, 0.05) is 16.2 Å². The molecular weight excluding hydrogens is 419 g/mol. The molecule has 0 radical (unpaired) electrons. The molecule has 10 heteroatoms. The highest BCUT2D eigenvalue weighted by Crippen LogP contribution is 2.36. The maximum atomic E-state index is 13.5. The fraction of sp³-hybridized carbons (Fsp3) is 0.133. The summed E-state index contributed by atoms with van der Waals surface area (Å²) in [5, 5.41) is 0. The largest absolute Gasteiger partial charge is 0.493 e. The van der Waals surface area contributed by atoms with Crippen LogP contribution in [-0.2, 0) is 10.0 Å². The van der Waals surface area contributed by atoms with Gasteiger partial charge >= 0.3 is 0 Å². The highest BCUT2D eigenvalue weighted by atomic mass is 79.9. The lowest BCUT2D eigenvalue weighted by Gasteiger charge is -2.14. The van der Waals surface area contributed by atoms with E-state index in [0.717, 1.165) is 12.1 Å². The summed E-state index contributed by atoms with van der Waals surface area (Å²) in [5.74, 6) is -1.30. The number of anilines is 1. The number of ether oxygens (including phenoxy) is 2. The maximum Gasteiger partial charge on any atom is 0.263 e. The van der Waals surface area contributed by atoms with Crippen LogP contribution in [-0.4, -0.2) is 28.5 Å². The van der Waals surface area contributed by atoms with Crippen molar-refractivity contribution in [2.75, 3.05) is 18.9 Å². The fourth-order valence-corrected chi connectivity index (χ4v) is 4.12. The Morgan fingerprint density at radius 3 is 2.32 bits per heavy atom. The summed E-state index contributed by atoms with van der Waals surface area (Å²) >= 11 is 3.16. The van der Waals surface area contributed by atoms with Gasteiger partial charge in [0.05, 0.1) is 19.8 Å². The molecule has 7 nitrogen and oxygen atoms in total. The molecule has 0 bridgehead atoms. The van der Waals surface area contributed by atoms with Crippen molar-refractivity contribution >= 4 is 37.5 Å². The molecule has 2 aromatic carbocycles. The zero-order valence-electron chi connectivity index (χ0n) is 13.2.